The van der Waals surface area contributed by atoms with Gasteiger partial charge < -0.3 is 18.9 Å². The van der Waals surface area contributed by atoms with Crippen molar-refractivity contribution in [3.05, 3.63) is 11.7 Å². The molecule has 3 heterocycles. The van der Waals surface area contributed by atoms with Gasteiger partial charge in [0.15, 0.2) is 5.82 Å². The Morgan fingerprint density at radius 3 is 2.84 bits per heavy atom. The third kappa shape index (κ3) is 4.39. The van der Waals surface area contributed by atoms with Crippen molar-refractivity contribution in [1.29, 1.82) is 0 Å². The van der Waals surface area contributed by atoms with E-state index < -0.39 is 0 Å². The molecule has 140 valence electrons. The number of aromatic nitrogens is 2. The molecule has 0 bridgehead atoms. The quantitative estimate of drug-likeness (QED) is 0.809. The van der Waals surface area contributed by atoms with E-state index in [2.05, 4.69) is 10.1 Å². The summed E-state index contributed by atoms with van der Waals surface area (Å²) in [6, 6.07) is 0. The van der Waals surface area contributed by atoms with E-state index in [1.165, 1.54) is 0 Å². The Balaban J connectivity index is 1.55. The fraction of sp³-hybridized carbons (Fsp3) is 0.833. The second-order valence-electron chi connectivity index (χ2n) is 7.61. The van der Waals surface area contributed by atoms with Crippen molar-refractivity contribution >= 4 is 5.91 Å². The minimum Gasteiger partial charge on any atom is -0.377 e. The monoisotopic (exact) mass is 351 g/mol. The van der Waals surface area contributed by atoms with Gasteiger partial charge in [0.2, 0.25) is 11.8 Å². The van der Waals surface area contributed by atoms with Crippen LogP contribution in [0.5, 0.6) is 0 Å². The van der Waals surface area contributed by atoms with Crippen molar-refractivity contribution < 1.29 is 18.8 Å². The summed E-state index contributed by atoms with van der Waals surface area (Å²) in [6.07, 6.45) is 4.63. The number of likely N-dealkylation sites (tertiary alicyclic amines) is 1. The minimum absolute atomic E-state index is 0.0629. The molecule has 7 nitrogen and oxygen atoms in total. The predicted molar refractivity (Wildman–Crippen MR) is 90.8 cm³/mol. The van der Waals surface area contributed by atoms with Gasteiger partial charge in [-0.2, -0.15) is 4.98 Å². The van der Waals surface area contributed by atoms with Crippen molar-refractivity contribution in [3.8, 4) is 0 Å². The highest BCUT2D eigenvalue weighted by Gasteiger charge is 2.41. The van der Waals surface area contributed by atoms with Crippen molar-refractivity contribution in [3.63, 3.8) is 0 Å². The van der Waals surface area contributed by atoms with Gasteiger partial charge in [0.1, 0.15) is 6.61 Å². The van der Waals surface area contributed by atoms with Crippen LogP contribution < -0.4 is 0 Å². The van der Waals surface area contributed by atoms with Crippen LogP contribution in [0.4, 0.5) is 0 Å². The SMILES string of the molecule is COCc1noc(C[C@H]2CCOC3(CCN(C(=O)C(C)C)CC3)C2)n1. The molecule has 2 fully saturated rings. The zero-order valence-corrected chi connectivity index (χ0v) is 15.5. The molecule has 1 aromatic heterocycles. The Hall–Kier alpha value is -1.47. The second kappa shape index (κ2) is 7.83. The number of piperidine rings is 1. The van der Waals surface area contributed by atoms with Gasteiger partial charge in [0.25, 0.3) is 0 Å². The van der Waals surface area contributed by atoms with E-state index in [0.717, 1.165) is 51.8 Å². The Morgan fingerprint density at radius 2 is 2.16 bits per heavy atom. The molecule has 2 aliphatic heterocycles. The molecule has 0 unspecified atom stereocenters. The lowest BCUT2D eigenvalue weighted by atomic mass is 9.78. The van der Waals surface area contributed by atoms with Gasteiger partial charge in [-0.15, -0.1) is 0 Å². The normalized spacial score (nSPS) is 23.4. The first-order valence-corrected chi connectivity index (χ1v) is 9.24. The molecule has 25 heavy (non-hydrogen) atoms. The average molecular weight is 351 g/mol. The van der Waals surface area contributed by atoms with Crippen LogP contribution in [-0.4, -0.2) is 53.4 Å². The summed E-state index contributed by atoms with van der Waals surface area (Å²) in [5, 5.41) is 3.93. The summed E-state index contributed by atoms with van der Waals surface area (Å²) < 4.78 is 16.5. The van der Waals surface area contributed by atoms with Gasteiger partial charge in [0.05, 0.1) is 5.60 Å². The fourth-order valence-corrected chi connectivity index (χ4v) is 3.96. The van der Waals surface area contributed by atoms with Crippen molar-refractivity contribution in [2.75, 3.05) is 26.8 Å². The van der Waals surface area contributed by atoms with Crippen LogP contribution in [0.3, 0.4) is 0 Å². The van der Waals surface area contributed by atoms with Gasteiger partial charge in [-0.3, -0.25) is 4.79 Å². The summed E-state index contributed by atoms with van der Waals surface area (Å²) >= 11 is 0. The molecule has 0 saturated carbocycles. The van der Waals surface area contributed by atoms with Gasteiger partial charge in [-0.1, -0.05) is 19.0 Å². The molecule has 7 heteroatoms. The van der Waals surface area contributed by atoms with Crippen molar-refractivity contribution in [2.24, 2.45) is 11.8 Å². The number of hydrogen-bond acceptors (Lipinski definition) is 6. The Labute approximate surface area is 149 Å². The highest BCUT2D eigenvalue weighted by molar-refractivity contribution is 5.78. The molecule has 1 amide bonds. The maximum absolute atomic E-state index is 12.2. The summed E-state index contributed by atoms with van der Waals surface area (Å²) in [6.45, 7) is 6.65. The number of ether oxygens (including phenoxy) is 2. The standard InChI is InChI=1S/C18H29N3O4/c1-13(2)17(22)21-7-5-18(6-8-21)11-14(4-9-24-18)10-16-19-15(12-23-3)20-25-16/h13-14H,4-12H2,1-3H3/t14-/m1/s1. The maximum atomic E-state index is 12.2. The molecule has 0 N–H and O–H groups in total. The molecule has 0 aliphatic carbocycles. The van der Waals surface area contributed by atoms with Crippen molar-refractivity contribution in [1.82, 2.24) is 15.0 Å². The molecule has 0 radical (unpaired) electrons. The Bertz CT molecular complexity index is 579. The van der Waals surface area contributed by atoms with Gasteiger partial charge in [-0.05, 0) is 31.6 Å². The first kappa shape index (κ1) is 18.3. The molecule has 0 aromatic carbocycles. The van der Waals surface area contributed by atoms with E-state index in [4.69, 9.17) is 14.0 Å². The van der Waals surface area contributed by atoms with Crippen LogP contribution in [0.25, 0.3) is 0 Å². The lowest BCUT2D eigenvalue weighted by Gasteiger charge is -2.46. The van der Waals surface area contributed by atoms with Gasteiger partial charge in [-0.25, -0.2) is 0 Å². The van der Waals surface area contributed by atoms with Crippen LogP contribution in [0, 0.1) is 11.8 Å². The van der Waals surface area contributed by atoms with Crippen LogP contribution in [0.15, 0.2) is 4.52 Å². The van der Waals surface area contributed by atoms with E-state index in [9.17, 15) is 4.79 Å². The Morgan fingerprint density at radius 1 is 1.40 bits per heavy atom. The van der Waals surface area contributed by atoms with E-state index in [0.29, 0.717) is 24.2 Å². The zero-order valence-electron chi connectivity index (χ0n) is 15.5. The largest absolute Gasteiger partial charge is 0.377 e. The highest BCUT2D eigenvalue weighted by atomic mass is 16.5. The number of carbonyl (C=O) groups excluding carboxylic acids is 1. The zero-order chi connectivity index (χ0) is 17.9. The van der Waals surface area contributed by atoms with Crippen LogP contribution in [0.1, 0.15) is 51.2 Å². The summed E-state index contributed by atoms with van der Waals surface area (Å²) in [5.41, 5.74) is -0.0912. The molecule has 2 saturated heterocycles. The predicted octanol–water partition coefficient (Wildman–Crippen LogP) is 2.20. The van der Waals surface area contributed by atoms with Crippen LogP contribution in [-0.2, 0) is 27.3 Å². The lowest BCUT2D eigenvalue weighted by Crippen LogP contribution is -2.51. The molecular formula is C18H29N3O4. The molecule has 1 spiro atoms. The Kier molecular flexibility index (Phi) is 5.74. The van der Waals surface area contributed by atoms with E-state index in [-0.39, 0.29) is 17.4 Å². The van der Waals surface area contributed by atoms with E-state index in [1.807, 2.05) is 18.7 Å². The third-order valence-electron chi connectivity index (χ3n) is 5.32. The molecule has 1 atom stereocenters. The highest BCUT2D eigenvalue weighted by Crippen LogP contribution is 2.38. The number of carbonyl (C=O) groups is 1. The molecular weight excluding hydrogens is 322 g/mol. The lowest BCUT2D eigenvalue weighted by molar-refractivity contribution is -0.149. The fourth-order valence-electron chi connectivity index (χ4n) is 3.96. The number of methoxy groups -OCH3 is 1. The van der Waals surface area contributed by atoms with Gasteiger partial charge >= 0.3 is 0 Å². The summed E-state index contributed by atoms with van der Waals surface area (Å²) in [4.78, 5) is 18.5. The smallest absolute Gasteiger partial charge is 0.227 e. The summed E-state index contributed by atoms with van der Waals surface area (Å²) in [7, 11) is 1.62. The second-order valence-corrected chi connectivity index (χ2v) is 7.61. The minimum atomic E-state index is -0.0912. The van der Waals surface area contributed by atoms with Crippen molar-refractivity contribution in [2.45, 2.75) is 58.2 Å². The number of amides is 1. The maximum Gasteiger partial charge on any atom is 0.227 e. The van der Waals surface area contributed by atoms with Crippen LogP contribution >= 0.6 is 0 Å². The first-order chi connectivity index (χ1) is 12.0. The molecule has 1 aromatic rings. The van der Waals surface area contributed by atoms with Crippen LogP contribution in [0.2, 0.25) is 0 Å². The third-order valence-corrected chi connectivity index (χ3v) is 5.32. The number of rotatable bonds is 5. The number of hydrogen-bond donors (Lipinski definition) is 0. The molecule has 3 rings (SSSR count). The van der Waals surface area contributed by atoms with E-state index >= 15 is 0 Å². The molecule has 2 aliphatic rings. The topological polar surface area (TPSA) is 77.7 Å². The average Bonchev–Trinajstić information content (AvgIpc) is 3.02. The van der Waals surface area contributed by atoms with E-state index in [1.54, 1.807) is 7.11 Å². The summed E-state index contributed by atoms with van der Waals surface area (Å²) in [5.74, 6) is 2.07. The van der Waals surface area contributed by atoms with Gasteiger partial charge in [0, 0.05) is 39.1 Å². The first-order valence-electron chi connectivity index (χ1n) is 9.24. The number of nitrogens with zero attached hydrogens (tertiary/aromatic N) is 3.